The van der Waals surface area contributed by atoms with Gasteiger partial charge in [0.2, 0.25) is 11.8 Å². The first kappa shape index (κ1) is 23.1. The molecule has 1 unspecified atom stereocenters. The Morgan fingerprint density at radius 1 is 1.10 bits per heavy atom. The second-order valence-corrected chi connectivity index (χ2v) is 8.88. The molecule has 0 spiro atoms. The lowest BCUT2D eigenvalue weighted by atomic mass is 9.95. The molecule has 2 heterocycles. The molecule has 0 bridgehead atoms. The highest BCUT2D eigenvalue weighted by Gasteiger charge is 2.22. The highest BCUT2D eigenvalue weighted by Crippen LogP contribution is 2.34. The van der Waals surface area contributed by atoms with Gasteiger partial charge in [0.1, 0.15) is 13.2 Å². The van der Waals surface area contributed by atoms with Crippen molar-refractivity contribution in [1.29, 1.82) is 0 Å². The van der Waals surface area contributed by atoms with Crippen LogP contribution in [0.25, 0.3) is 0 Å². The topological polar surface area (TPSA) is 79.9 Å². The van der Waals surface area contributed by atoms with Crippen molar-refractivity contribution in [2.24, 2.45) is 5.92 Å². The Kier molecular flexibility index (Phi) is 8.31. The van der Waals surface area contributed by atoms with Crippen LogP contribution in [-0.2, 0) is 16.1 Å². The third-order valence-electron chi connectivity index (χ3n) is 5.13. The van der Waals surface area contributed by atoms with Crippen LogP contribution >= 0.6 is 11.3 Å². The minimum absolute atomic E-state index is 0.0877. The monoisotopic (exact) mass is 445 g/mol. The number of rotatable bonds is 10. The largest absolute Gasteiger partial charge is 0.486 e. The van der Waals surface area contributed by atoms with Gasteiger partial charge in [-0.3, -0.25) is 14.5 Å². The van der Waals surface area contributed by atoms with Crippen molar-refractivity contribution in [3.8, 4) is 11.5 Å². The van der Waals surface area contributed by atoms with Gasteiger partial charge in [0, 0.05) is 4.88 Å². The average Bonchev–Trinajstić information content (AvgIpc) is 3.29. The van der Waals surface area contributed by atoms with Crippen LogP contribution in [0.4, 0.5) is 0 Å². The highest BCUT2D eigenvalue weighted by atomic mass is 32.1. The molecule has 0 fully saturated rings. The van der Waals surface area contributed by atoms with Gasteiger partial charge in [-0.1, -0.05) is 32.9 Å². The SMILES string of the molecule is CCN(CC(=O)NCc1cccs1)CC(=O)NC(c1ccc2c(c1)OCCO2)C(C)C. The lowest BCUT2D eigenvalue weighted by Gasteiger charge is -2.27. The summed E-state index contributed by atoms with van der Waals surface area (Å²) in [6.07, 6.45) is 0. The molecule has 1 aliphatic rings. The Bertz CT molecular complexity index is 870. The molecule has 0 saturated carbocycles. The van der Waals surface area contributed by atoms with Crippen LogP contribution in [0, 0.1) is 5.92 Å². The summed E-state index contributed by atoms with van der Waals surface area (Å²) in [5.74, 6) is 1.43. The molecular formula is C23H31N3O4S. The maximum absolute atomic E-state index is 12.8. The normalized spacial score (nSPS) is 13.8. The zero-order valence-electron chi connectivity index (χ0n) is 18.3. The first-order valence-corrected chi connectivity index (χ1v) is 11.5. The van der Waals surface area contributed by atoms with Gasteiger partial charge in [-0.25, -0.2) is 0 Å². The van der Waals surface area contributed by atoms with E-state index < -0.39 is 0 Å². The van der Waals surface area contributed by atoms with Crippen molar-refractivity contribution in [3.63, 3.8) is 0 Å². The number of carbonyl (C=O) groups excluding carboxylic acids is 2. The number of ether oxygens (including phenoxy) is 2. The molecule has 8 heteroatoms. The average molecular weight is 446 g/mol. The molecule has 2 amide bonds. The van der Waals surface area contributed by atoms with E-state index in [2.05, 4.69) is 24.5 Å². The summed E-state index contributed by atoms with van der Waals surface area (Å²) in [6.45, 7) is 8.62. The maximum Gasteiger partial charge on any atom is 0.234 e. The van der Waals surface area contributed by atoms with Crippen LogP contribution in [-0.4, -0.2) is 49.6 Å². The van der Waals surface area contributed by atoms with Crippen LogP contribution in [0.15, 0.2) is 35.7 Å². The summed E-state index contributed by atoms with van der Waals surface area (Å²) < 4.78 is 11.3. The van der Waals surface area contributed by atoms with E-state index in [1.165, 1.54) is 0 Å². The molecule has 1 atom stereocenters. The van der Waals surface area contributed by atoms with Crippen LogP contribution in [0.3, 0.4) is 0 Å². The van der Waals surface area contributed by atoms with E-state index in [0.717, 1.165) is 16.2 Å². The molecule has 7 nitrogen and oxygen atoms in total. The smallest absolute Gasteiger partial charge is 0.234 e. The second-order valence-electron chi connectivity index (χ2n) is 7.85. The van der Waals surface area contributed by atoms with E-state index in [1.54, 1.807) is 11.3 Å². The van der Waals surface area contributed by atoms with E-state index in [4.69, 9.17) is 9.47 Å². The van der Waals surface area contributed by atoms with E-state index in [-0.39, 0.29) is 36.9 Å². The van der Waals surface area contributed by atoms with Crippen LogP contribution in [0.5, 0.6) is 11.5 Å². The lowest BCUT2D eigenvalue weighted by molar-refractivity contribution is -0.125. The first-order valence-electron chi connectivity index (χ1n) is 10.7. The number of likely N-dealkylation sites (N-methyl/N-ethyl adjacent to an activating group) is 1. The fourth-order valence-corrected chi connectivity index (χ4v) is 4.09. The summed E-state index contributed by atoms with van der Waals surface area (Å²) in [4.78, 5) is 28.0. The molecule has 31 heavy (non-hydrogen) atoms. The summed E-state index contributed by atoms with van der Waals surface area (Å²) in [6, 6.07) is 9.58. The zero-order valence-corrected chi connectivity index (χ0v) is 19.2. The molecule has 1 aromatic carbocycles. The van der Waals surface area contributed by atoms with Crippen LogP contribution in [0.1, 0.15) is 37.3 Å². The van der Waals surface area contributed by atoms with E-state index in [9.17, 15) is 9.59 Å². The molecule has 2 aromatic rings. The summed E-state index contributed by atoms with van der Waals surface area (Å²) in [5.41, 5.74) is 0.976. The lowest BCUT2D eigenvalue weighted by Crippen LogP contribution is -2.44. The standard InChI is InChI=1S/C23H31N3O4S/c1-4-26(14-21(27)24-13-18-6-5-11-31-18)15-22(28)25-23(16(2)3)17-7-8-19-20(12-17)30-10-9-29-19/h5-8,11-12,16,23H,4,9-10,13-15H2,1-3H3,(H,24,27)(H,25,28). The number of nitrogens with one attached hydrogen (secondary N) is 2. The fraction of sp³-hybridized carbons (Fsp3) is 0.478. The van der Waals surface area contributed by atoms with E-state index in [0.29, 0.717) is 32.1 Å². The van der Waals surface area contributed by atoms with Crippen molar-refractivity contribution >= 4 is 23.2 Å². The Morgan fingerprint density at radius 3 is 2.52 bits per heavy atom. The van der Waals surface area contributed by atoms with Gasteiger partial charge in [0.05, 0.1) is 25.7 Å². The Morgan fingerprint density at radius 2 is 1.84 bits per heavy atom. The van der Waals surface area contributed by atoms with Gasteiger partial charge in [0.15, 0.2) is 11.5 Å². The molecule has 1 aliphatic heterocycles. The van der Waals surface area contributed by atoms with Gasteiger partial charge in [-0.2, -0.15) is 0 Å². The van der Waals surface area contributed by atoms with Crippen molar-refractivity contribution in [2.45, 2.75) is 33.4 Å². The van der Waals surface area contributed by atoms with E-state index in [1.807, 2.05) is 47.5 Å². The van der Waals surface area contributed by atoms with Crippen molar-refractivity contribution in [3.05, 3.63) is 46.2 Å². The molecular weight excluding hydrogens is 414 g/mol. The summed E-state index contributed by atoms with van der Waals surface area (Å²) >= 11 is 1.61. The van der Waals surface area contributed by atoms with Gasteiger partial charge in [-0.15, -0.1) is 11.3 Å². The quantitative estimate of drug-likeness (QED) is 0.588. The third-order valence-corrected chi connectivity index (χ3v) is 6.01. The zero-order chi connectivity index (χ0) is 22.2. The molecule has 0 aliphatic carbocycles. The number of hydrogen-bond acceptors (Lipinski definition) is 6. The first-order chi connectivity index (χ1) is 15.0. The summed E-state index contributed by atoms with van der Waals surface area (Å²) in [5, 5.41) is 8.02. The van der Waals surface area contributed by atoms with Gasteiger partial charge in [0.25, 0.3) is 0 Å². The van der Waals surface area contributed by atoms with Crippen molar-refractivity contribution < 1.29 is 19.1 Å². The van der Waals surface area contributed by atoms with Gasteiger partial charge in [-0.05, 0) is 41.6 Å². The maximum atomic E-state index is 12.8. The minimum atomic E-state index is -0.158. The van der Waals surface area contributed by atoms with Crippen LogP contribution in [0.2, 0.25) is 0 Å². The molecule has 3 rings (SSSR count). The molecule has 168 valence electrons. The highest BCUT2D eigenvalue weighted by molar-refractivity contribution is 7.09. The number of thiophene rings is 1. The fourth-order valence-electron chi connectivity index (χ4n) is 3.45. The number of carbonyl (C=O) groups is 2. The number of benzene rings is 1. The minimum Gasteiger partial charge on any atom is -0.486 e. The summed E-state index contributed by atoms with van der Waals surface area (Å²) in [7, 11) is 0. The molecule has 1 aromatic heterocycles. The van der Waals surface area contributed by atoms with E-state index >= 15 is 0 Å². The number of nitrogens with zero attached hydrogens (tertiary/aromatic N) is 1. The Labute approximate surface area is 187 Å². The van der Waals surface area contributed by atoms with Crippen molar-refractivity contribution in [2.75, 3.05) is 32.8 Å². The van der Waals surface area contributed by atoms with Crippen LogP contribution < -0.4 is 20.1 Å². The Balaban J connectivity index is 1.55. The second kappa shape index (κ2) is 11.2. The third kappa shape index (κ3) is 6.70. The Hall–Kier alpha value is -2.58. The van der Waals surface area contributed by atoms with Crippen molar-refractivity contribution in [1.82, 2.24) is 15.5 Å². The molecule has 2 N–H and O–H groups in total. The van der Waals surface area contributed by atoms with Gasteiger partial charge < -0.3 is 20.1 Å². The predicted molar refractivity (Wildman–Crippen MR) is 121 cm³/mol. The number of amides is 2. The molecule has 0 radical (unpaired) electrons. The predicted octanol–water partition coefficient (Wildman–Crippen LogP) is 2.97. The van der Waals surface area contributed by atoms with Gasteiger partial charge >= 0.3 is 0 Å². The molecule has 0 saturated heterocycles. The number of fused-ring (bicyclic) bond motifs is 1. The number of hydrogen-bond donors (Lipinski definition) is 2.